The Labute approximate surface area is 134 Å². The predicted octanol–water partition coefficient (Wildman–Crippen LogP) is 2.79. The van der Waals surface area contributed by atoms with Crippen LogP contribution in [0.5, 0.6) is 11.5 Å². The Bertz CT molecular complexity index is 870. The van der Waals surface area contributed by atoms with Gasteiger partial charge in [0.25, 0.3) is 5.56 Å². The number of rotatable bonds is 5. The first-order valence-electron chi connectivity index (χ1n) is 7.42. The molecule has 1 aromatic heterocycles. The SMILES string of the molecule is COc1ccc(OCCn2c(=O)c(C)nc3ccccc32)cc1. The predicted molar refractivity (Wildman–Crippen MR) is 89.2 cm³/mol. The van der Waals surface area contributed by atoms with Crippen LogP contribution in [0.3, 0.4) is 0 Å². The summed E-state index contributed by atoms with van der Waals surface area (Å²) in [6.07, 6.45) is 0. The van der Waals surface area contributed by atoms with Gasteiger partial charge in [-0.15, -0.1) is 0 Å². The molecule has 5 heteroatoms. The summed E-state index contributed by atoms with van der Waals surface area (Å²) in [7, 11) is 1.62. The molecule has 23 heavy (non-hydrogen) atoms. The number of nitrogens with zero attached hydrogens (tertiary/aromatic N) is 2. The third-order valence-electron chi connectivity index (χ3n) is 3.66. The van der Waals surface area contributed by atoms with E-state index in [9.17, 15) is 4.79 Å². The maximum atomic E-state index is 12.3. The van der Waals surface area contributed by atoms with E-state index in [-0.39, 0.29) is 5.56 Å². The largest absolute Gasteiger partial charge is 0.497 e. The molecule has 2 aromatic carbocycles. The van der Waals surface area contributed by atoms with Crippen LogP contribution in [0.4, 0.5) is 0 Å². The number of hydrogen-bond donors (Lipinski definition) is 0. The van der Waals surface area contributed by atoms with E-state index < -0.39 is 0 Å². The molecule has 0 saturated carbocycles. The molecule has 0 amide bonds. The molecule has 0 radical (unpaired) electrons. The molecule has 1 heterocycles. The van der Waals surface area contributed by atoms with Crippen LogP contribution in [0.1, 0.15) is 5.69 Å². The molecule has 0 aliphatic rings. The average Bonchev–Trinajstić information content (AvgIpc) is 2.59. The summed E-state index contributed by atoms with van der Waals surface area (Å²) < 4.78 is 12.5. The quantitative estimate of drug-likeness (QED) is 0.727. The minimum atomic E-state index is -0.0815. The van der Waals surface area contributed by atoms with Crippen molar-refractivity contribution in [3.63, 3.8) is 0 Å². The highest BCUT2D eigenvalue weighted by Crippen LogP contribution is 2.17. The van der Waals surface area contributed by atoms with Crippen molar-refractivity contribution in [1.82, 2.24) is 9.55 Å². The van der Waals surface area contributed by atoms with E-state index in [1.807, 2.05) is 48.5 Å². The molecule has 0 unspecified atom stereocenters. The first-order chi connectivity index (χ1) is 11.2. The third kappa shape index (κ3) is 3.18. The normalized spacial score (nSPS) is 10.7. The topological polar surface area (TPSA) is 53.4 Å². The second-order valence-electron chi connectivity index (χ2n) is 5.17. The van der Waals surface area contributed by atoms with Gasteiger partial charge in [0.2, 0.25) is 0 Å². The molecule has 0 spiro atoms. The van der Waals surface area contributed by atoms with Crippen molar-refractivity contribution < 1.29 is 9.47 Å². The Morgan fingerprint density at radius 3 is 2.48 bits per heavy atom. The lowest BCUT2D eigenvalue weighted by molar-refractivity contribution is 0.297. The van der Waals surface area contributed by atoms with Crippen LogP contribution < -0.4 is 15.0 Å². The number of fused-ring (bicyclic) bond motifs is 1. The number of methoxy groups -OCH3 is 1. The van der Waals surface area contributed by atoms with Gasteiger partial charge >= 0.3 is 0 Å². The highest BCUT2D eigenvalue weighted by molar-refractivity contribution is 5.74. The van der Waals surface area contributed by atoms with Crippen molar-refractivity contribution in [2.45, 2.75) is 13.5 Å². The third-order valence-corrected chi connectivity index (χ3v) is 3.66. The summed E-state index contributed by atoms with van der Waals surface area (Å²) in [5.41, 5.74) is 2.05. The van der Waals surface area contributed by atoms with Crippen molar-refractivity contribution in [2.24, 2.45) is 0 Å². The molecular formula is C18H18N2O3. The fourth-order valence-corrected chi connectivity index (χ4v) is 2.47. The van der Waals surface area contributed by atoms with E-state index in [2.05, 4.69) is 4.98 Å². The van der Waals surface area contributed by atoms with Gasteiger partial charge in [-0.05, 0) is 43.3 Å². The summed E-state index contributed by atoms with van der Waals surface area (Å²) in [5, 5.41) is 0. The summed E-state index contributed by atoms with van der Waals surface area (Å²) in [6.45, 7) is 2.60. The fraction of sp³-hybridized carbons (Fsp3) is 0.222. The fourth-order valence-electron chi connectivity index (χ4n) is 2.47. The Kier molecular flexibility index (Phi) is 4.28. The first-order valence-corrected chi connectivity index (χ1v) is 7.42. The number of aryl methyl sites for hydroxylation is 1. The second-order valence-corrected chi connectivity index (χ2v) is 5.17. The van der Waals surface area contributed by atoms with Crippen molar-refractivity contribution in [3.8, 4) is 11.5 Å². The molecule has 118 valence electrons. The minimum Gasteiger partial charge on any atom is -0.497 e. The molecule has 0 atom stereocenters. The van der Waals surface area contributed by atoms with Crippen LogP contribution in [0.25, 0.3) is 11.0 Å². The highest BCUT2D eigenvalue weighted by atomic mass is 16.5. The lowest BCUT2D eigenvalue weighted by Crippen LogP contribution is -2.26. The molecule has 0 aliphatic carbocycles. The Morgan fingerprint density at radius 1 is 1.04 bits per heavy atom. The van der Waals surface area contributed by atoms with E-state index in [0.29, 0.717) is 18.8 Å². The van der Waals surface area contributed by atoms with Crippen molar-refractivity contribution in [1.29, 1.82) is 0 Å². The van der Waals surface area contributed by atoms with Gasteiger partial charge in [0.1, 0.15) is 23.8 Å². The molecule has 0 bridgehead atoms. The van der Waals surface area contributed by atoms with Gasteiger partial charge in [-0.25, -0.2) is 4.98 Å². The number of hydrogen-bond acceptors (Lipinski definition) is 4. The lowest BCUT2D eigenvalue weighted by Gasteiger charge is -2.12. The van der Waals surface area contributed by atoms with Crippen LogP contribution in [-0.2, 0) is 6.54 Å². The van der Waals surface area contributed by atoms with Crippen molar-refractivity contribution in [2.75, 3.05) is 13.7 Å². The average molecular weight is 310 g/mol. The van der Waals surface area contributed by atoms with Crippen molar-refractivity contribution >= 4 is 11.0 Å². The van der Waals surface area contributed by atoms with Gasteiger partial charge in [-0.2, -0.15) is 0 Å². The summed E-state index contributed by atoms with van der Waals surface area (Å²) in [6, 6.07) is 15.0. The minimum absolute atomic E-state index is 0.0815. The number of para-hydroxylation sites is 2. The number of ether oxygens (including phenoxy) is 2. The second kappa shape index (κ2) is 6.52. The van der Waals surface area contributed by atoms with E-state index in [1.54, 1.807) is 18.6 Å². The molecule has 0 N–H and O–H groups in total. The van der Waals surface area contributed by atoms with Crippen LogP contribution >= 0.6 is 0 Å². The van der Waals surface area contributed by atoms with E-state index in [1.165, 1.54) is 0 Å². The summed E-state index contributed by atoms with van der Waals surface area (Å²) in [4.78, 5) is 16.7. The first kappa shape index (κ1) is 15.1. The van der Waals surface area contributed by atoms with E-state index in [0.717, 1.165) is 22.5 Å². The smallest absolute Gasteiger partial charge is 0.272 e. The van der Waals surface area contributed by atoms with E-state index >= 15 is 0 Å². The standard InChI is InChI=1S/C18H18N2O3/c1-13-18(21)20(17-6-4-3-5-16(17)19-13)11-12-23-15-9-7-14(22-2)8-10-15/h3-10H,11-12H2,1-2H3. The zero-order valence-electron chi connectivity index (χ0n) is 13.2. The van der Waals surface area contributed by atoms with E-state index in [4.69, 9.17) is 9.47 Å². The monoisotopic (exact) mass is 310 g/mol. The van der Waals surface area contributed by atoms with Crippen LogP contribution in [0.15, 0.2) is 53.3 Å². The van der Waals surface area contributed by atoms with Gasteiger partial charge in [-0.3, -0.25) is 4.79 Å². The van der Waals surface area contributed by atoms with Crippen LogP contribution in [-0.4, -0.2) is 23.3 Å². The Balaban J connectivity index is 1.78. The van der Waals surface area contributed by atoms with Gasteiger partial charge in [0.05, 0.1) is 24.7 Å². The Morgan fingerprint density at radius 2 is 1.74 bits per heavy atom. The molecule has 0 fully saturated rings. The Hall–Kier alpha value is -2.82. The maximum absolute atomic E-state index is 12.3. The molecule has 3 aromatic rings. The zero-order chi connectivity index (χ0) is 16.2. The van der Waals surface area contributed by atoms with Gasteiger partial charge in [-0.1, -0.05) is 12.1 Å². The highest BCUT2D eigenvalue weighted by Gasteiger charge is 2.07. The lowest BCUT2D eigenvalue weighted by atomic mass is 10.3. The summed E-state index contributed by atoms with van der Waals surface area (Å²) in [5.74, 6) is 1.53. The number of aromatic nitrogens is 2. The van der Waals surface area contributed by atoms with Gasteiger partial charge < -0.3 is 14.0 Å². The van der Waals surface area contributed by atoms with Crippen LogP contribution in [0.2, 0.25) is 0 Å². The molecule has 0 aliphatic heterocycles. The molecule has 5 nitrogen and oxygen atoms in total. The zero-order valence-corrected chi connectivity index (χ0v) is 13.2. The summed E-state index contributed by atoms with van der Waals surface area (Å²) >= 11 is 0. The molecule has 3 rings (SSSR count). The molecule has 0 saturated heterocycles. The number of benzene rings is 2. The molecular weight excluding hydrogens is 292 g/mol. The van der Waals surface area contributed by atoms with Gasteiger partial charge in [0, 0.05) is 0 Å². The van der Waals surface area contributed by atoms with Crippen molar-refractivity contribution in [3.05, 3.63) is 64.6 Å². The van der Waals surface area contributed by atoms with Crippen LogP contribution in [0, 0.1) is 6.92 Å². The maximum Gasteiger partial charge on any atom is 0.272 e. The van der Waals surface area contributed by atoms with Gasteiger partial charge in [0.15, 0.2) is 0 Å².